The summed E-state index contributed by atoms with van der Waals surface area (Å²) in [6.07, 6.45) is 5.49. The standard InChI is InChI=1S/C15H19NO4/c1-20-14-10-11(6-7-13(14)17)4-2-8-16-9-3-5-12(16)15(18)19/h2,4,6-7,10,12,17H,3,5,8-9H2,1H3,(H,18,19)/b4-2+/t12-/m0/s1. The van der Waals surface area contributed by atoms with Crippen LogP contribution in [-0.4, -0.2) is 47.3 Å². The van der Waals surface area contributed by atoms with E-state index in [0.717, 1.165) is 24.9 Å². The van der Waals surface area contributed by atoms with E-state index in [2.05, 4.69) is 0 Å². The van der Waals surface area contributed by atoms with E-state index in [1.165, 1.54) is 7.11 Å². The summed E-state index contributed by atoms with van der Waals surface area (Å²) >= 11 is 0. The number of phenols is 1. The highest BCUT2D eigenvalue weighted by Crippen LogP contribution is 2.26. The zero-order valence-corrected chi connectivity index (χ0v) is 11.5. The Bertz CT molecular complexity index is 513. The maximum atomic E-state index is 11.1. The van der Waals surface area contributed by atoms with E-state index in [1.807, 2.05) is 17.1 Å². The van der Waals surface area contributed by atoms with Crippen molar-refractivity contribution in [3.05, 3.63) is 29.8 Å². The van der Waals surface area contributed by atoms with Gasteiger partial charge in [-0.1, -0.05) is 18.2 Å². The van der Waals surface area contributed by atoms with Gasteiger partial charge < -0.3 is 14.9 Å². The quantitative estimate of drug-likeness (QED) is 0.861. The number of carbonyl (C=O) groups is 1. The molecule has 1 saturated heterocycles. The van der Waals surface area contributed by atoms with Gasteiger partial charge in [0.15, 0.2) is 11.5 Å². The first kappa shape index (κ1) is 14.4. The summed E-state index contributed by atoms with van der Waals surface area (Å²) in [6, 6.07) is 4.74. The third kappa shape index (κ3) is 3.30. The first-order valence-corrected chi connectivity index (χ1v) is 6.62. The van der Waals surface area contributed by atoms with Crippen molar-refractivity contribution in [3.63, 3.8) is 0 Å². The van der Waals surface area contributed by atoms with Crippen LogP contribution in [0.3, 0.4) is 0 Å². The van der Waals surface area contributed by atoms with Gasteiger partial charge in [-0.15, -0.1) is 0 Å². The van der Waals surface area contributed by atoms with Gasteiger partial charge in [0.25, 0.3) is 0 Å². The summed E-state index contributed by atoms with van der Waals surface area (Å²) in [4.78, 5) is 13.0. The lowest BCUT2D eigenvalue weighted by Gasteiger charge is -2.18. The van der Waals surface area contributed by atoms with Gasteiger partial charge in [0.2, 0.25) is 0 Å². The zero-order valence-electron chi connectivity index (χ0n) is 11.5. The second kappa shape index (κ2) is 6.43. The minimum atomic E-state index is -0.748. The first-order chi connectivity index (χ1) is 9.61. The molecule has 5 nitrogen and oxygen atoms in total. The number of benzene rings is 1. The number of hydrogen-bond donors (Lipinski definition) is 2. The molecule has 0 aliphatic carbocycles. The summed E-state index contributed by atoms with van der Waals surface area (Å²) in [5.41, 5.74) is 0.908. The number of carboxylic acids is 1. The van der Waals surface area contributed by atoms with Crippen LogP contribution in [0.2, 0.25) is 0 Å². The Morgan fingerprint density at radius 3 is 3.05 bits per heavy atom. The Balaban J connectivity index is 1.98. The van der Waals surface area contributed by atoms with Crippen molar-refractivity contribution in [3.8, 4) is 11.5 Å². The van der Waals surface area contributed by atoms with Crippen molar-refractivity contribution in [1.82, 2.24) is 4.90 Å². The molecule has 1 atom stereocenters. The molecule has 0 radical (unpaired) electrons. The molecule has 1 aromatic rings. The lowest BCUT2D eigenvalue weighted by Crippen LogP contribution is -2.35. The van der Waals surface area contributed by atoms with Crippen molar-refractivity contribution in [2.24, 2.45) is 0 Å². The molecule has 1 aromatic carbocycles. The number of rotatable bonds is 5. The lowest BCUT2D eigenvalue weighted by atomic mass is 10.2. The molecule has 1 aliphatic rings. The van der Waals surface area contributed by atoms with Crippen LogP contribution < -0.4 is 4.74 Å². The molecule has 0 saturated carbocycles. The molecule has 0 spiro atoms. The van der Waals surface area contributed by atoms with Gasteiger partial charge in [-0.25, -0.2) is 0 Å². The number of methoxy groups -OCH3 is 1. The summed E-state index contributed by atoms with van der Waals surface area (Å²) in [7, 11) is 1.50. The zero-order chi connectivity index (χ0) is 14.5. The van der Waals surface area contributed by atoms with E-state index < -0.39 is 5.97 Å². The van der Waals surface area contributed by atoms with Gasteiger partial charge in [-0.2, -0.15) is 0 Å². The van der Waals surface area contributed by atoms with Crippen molar-refractivity contribution in [2.45, 2.75) is 18.9 Å². The molecule has 1 aliphatic heterocycles. The third-order valence-electron chi connectivity index (χ3n) is 3.50. The van der Waals surface area contributed by atoms with Crippen LogP contribution in [0.25, 0.3) is 6.08 Å². The van der Waals surface area contributed by atoms with E-state index in [0.29, 0.717) is 12.3 Å². The van der Waals surface area contributed by atoms with Crippen LogP contribution in [-0.2, 0) is 4.79 Å². The normalized spacial score (nSPS) is 19.6. The Hall–Kier alpha value is -2.01. The van der Waals surface area contributed by atoms with Crippen LogP contribution in [0.15, 0.2) is 24.3 Å². The van der Waals surface area contributed by atoms with E-state index >= 15 is 0 Å². The number of phenolic OH excluding ortho intramolecular Hbond substituents is 1. The second-order valence-electron chi connectivity index (χ2n) is 4.82. The van der Waals surface area contributed by atoms with Crippen molar-refractivity contribution in [2.75, 3.05) is 20.2 Å². The summed E-state index contributed by atoms with van der Waals surface area (Å²) in [5, 5.41) is 18.6. The lowest BCUT2D eigenvalue weighted by molar-refractivity contribution is -0.141. The van der Waals surface area contributed by atoms with E-state index in [4.69, 9.17) is 9.84 Å². The molecule has 2 N–H and O–H groups in total. The molecule has 0 bridgehead atoms. The predicted molar refractivity (Wildman–Crippen MR) is 75.9 cm³/mol. The number of aromatic hydroxyl groups is 1. The largest absolute Gasteiger partial charge is 0.504 e. The molecule has 1 heterocycles. The Morgan fingerprint density at radius 1 is 1.55 bits per heavy atom. The number of carboxylic acid groups (broad SMARTS) is 1. The monoisotopic (exact) mass is 277 g/mol. The molecule has 108 valence electrons. The molecule has 0 aromatic heterocycles. The minimum absolute atomic E-state index is 0.107. The minimum Gasteiger partial charge on any atom is -0.504 e. The summed E-state index contributed by atoms with van der Waals surface area (Å²) < 4.78 is 5.04. The second-order valence-corrected chi connectivity index (χ2v) is 4.82. The molecular weight excluding hydrogens is 258 g/mol. The van der Waals surface area contributed by atoms with E-state index in [-0.39, 0.29) is 11.8 Å². The number of nitrogens with zero attached hydrogens (tertiary/aromatic N) is 1. The fourth-order valence-corrected chi connectivity index (χ4v) is 2.45. The van der Waals surface area contributed by atoms with Crippen molar-refractivity contribution < 1.29 is 19.7 Å². The molecule has 2 rings (SSSR count). The number of likely N-dealkylation sites (tertiary alicyclic amines) is 1. The van der Waals surface area contributed by atoms with Gasteiger partial charge in [0, 0.05) is 6.54 Å². The van der Waals surface area contributed by atoms with Crippen LogP contribution in [0.5, 0.6) is 11.5 Å². The highest BCUT2D eigenvalue weighted by Gasteiger charge is 2.29. The van der Waals surface area contributed by atoms with Gasteiger partial charge in [0.05, 0.1) is 7.11 Å². The topological polar surface area (TPSA) is 70.0 Å². The van der Waals surface area contributed by atoms with Gasteiger partial charge >= 0.3 is 5.97 Å². The molecular formula is C15H19NO4. The van der Waals surface area contributed by atoms with E-state index in [9.17, 15) is 9.90 Å². The highest BCUT2D eigenvalue weighted by atomic mass is 16.5. The van der Waals surface area contributed by atoms with Crippen LogP contribution in [0, 0.1) is 0 Å². The smallest absolute Gasteiger partial charge is 0.320 e. The fraction of sp³-hybridized carbons (Fsp3) is 0.400. The molecule has 0 unspecified atom stereocenters. The first-order valence-electron chi connectivity index (χ1n) is 6.62. The SMILES string of the molecule is COc1cc(/C=C/CN2CCC[C@H]2C(=O)O)ccc1O. The van der Waals surface area contributed by atoms with Crippen molar-refractivity contribution >= 4 is 12.0 Å². The number of hydrogen-bond acceptors (Lipinski definition) is 4. The fourth-order valence-electron chi connectivity index (χ4n) is 2.45. The molecule has 0 amide bonds. The molecule has 20 heavy (non-hydrogen) atoms. The Labute approximate surface area is 118 Å². The summed E-state index contributed by atoms with van der Waals surface area (Å²) in [5.74, 6) is -0.214. The Morgan fingerprint density at radius 2 is 2.35 bits per heavy atom. The maximum absolute atomic E-state index is 11.1. The van der Waals surface area contributed by atoms with Gasteiger partial charge in [-0.05, 0) is 37.1 Å². The van der Waals surface area contributed by atoms with E-state index in [1.54, 1.807) is 18.2 Å². The van der Waals surface area contributed by atoms with Crippen molar-refractivity contribution in [1.29, 1.82) is 0 Å². The predicted octanol–water partition coefficient (Wildman–Crippen LogP) is 1.96. The van der Waals surface area contributed by atoms with Gasteiger partial charge in [-0.3, -0.25) is 9.69 Å². The number of aliphatic carboxylic acids is 1. The number of ether oxygens (including phenoxy) is 1. The van der Waals surface area contributed by atoms with Crippen LogP contribution in [0.4, 0.5) is 0 Å². The summed E-state index contributed by atoms with van der Waals surface area (Å²) in [6.45, 7) is 1.43. The molecule has 5 heteroatoms. The molecule has 1 fully saturated rings. The average molecular weight is 277 g/mol. The maximum Gasteiger partial charge on any atom is 0.320 e. The average Bonchev–Trinajstić information content (AvgIpc) is 2.89. The Kier molecular flexibility index (Phi) is 4.63. The van der Waals surface area contributed by atoms with Crippen LogP contribution in [0.1, 0.15) is 18.4 Å². The third-order valence-corrected chi connectivity index (χ3v) is 3.50. The highest BCUT2D eigenvalue weighted by molar-refractivity contribution is 5.73. The van der Waals surface area contributed by atoms with Crippen LogP contribution >= 0.6 is 0 Å². The van der Waals surface area contributed by atoms with Gasteiger partial charge in [0.1, 0.15) is 6.04 Å².